The molecule has 1 aromatic carbocycles. The lowest BCUT2D eigenvalue weighted by atomic mass is 10.2. The molecule has 0 saturated carbocycles. The summed E-state index contributed by atoms with van der Waals surface area (Å²) in [6.45, 7) is 4.25. The Hall–Kier alpha value is -1.44. The molecule has 1 amide bonds. The summed E-state index contributed by atoms with van der Waals surface area (Å²) in [5.74, 6) is -0.211. The van der Waals surface area contributed by atoms with E-state index in [0.717, 1.165) is 13.0 Å². The predicted octanol–water partition coefficient (Wildman–Crippen LogP) is 0.324. The van der Waals surface area contributed by atoms with Crippen molar-refractivity contribution < 1.29 is 13.2 Å². The standard InChI is InChI=1S/C13H21N3O3S/c1-3-8-15-9-10-16-13(17)11-4-6-12(7-5-11)20(18,19)14-2/h4-7,14-15H,3,8-10H2,1-2H3,(H,16,17). The van der Waals surface area contributed by atoms with Gasteiger partial charge in [0.05, 0.1) is 4.90 Å². The molecule has 0 spiro atoms. The summed E-state index contributed by atoms with van der Waals surface area (Å²) in [5.41, 5.74) is 0.440. The van der Waals surface area contributed by atoms with Crippen LogP contribution in [0.2, 0.25) is 0 Å². The zero-order valence-corrected chi connectivity index (χ0v) is 12.6. The van der Waals surface area contributed by atoms with E-state index < -0.39 is 10.0 Å². The Balaban J connectivity index is 2.54. The van der Waals surface area contributed by atoms with Crippen molar-refractivity contribution in [3.05, 3.63) is 29.8 Å². The van der Waals surface area contributed by atoms with Gasteiger partial charge in [0, 0.05) is 18.7 Å². The molecule has 7 heteroatoms. The van der Waals surface area contributed by atoms with E-state index >= 15 is 0 Å². The average Bonchev–Trinajstić information content (AvgIpc) is 2.47. The number of rotatable bonds is 8. The van der Waals surface area contributed by atoms with Crippen LogP contribution in [0, 0.1) is 0 Å². The fourth-order valence-electron chi connectivity index (χ4n) is 1.57. The molecule has 0 aliphatic rings. The Bertz CT molecular complexity index is 526. The predicted molar refractivity (Wildman–Crippen MR) is 78.2 cm³/mol. The van der Waals surface area contributed by atoms with Crippen LogP contribution >= 0.6 is 0 Å². The number of amides is 1. The first-order valence-electron chi connectivity index (χ1n) is 6.53. The minimum atomic E-state index is -3.46. The van der Waals surface area contributed by atoms with Crippen molar-refractivity contribution in [3.63, 3.8) is 0 Å². The van der Waals surface area contributed by atoms with Crippen LogP contribution in [0.1, 0.15) is 23.7 Å². The molecule has 0 fully saturated rings. The zero-order chi connectivity index (χ0) is 15.0. The van der Waals surface area contributed by atoms with E-state index in [-0.39, 0.29) is 10.8 Å². The Kier molecular flexibility index (Phi) is 6.63. The van der Waals surface area contributed by atoms with E-state index in [1.54, 1.807) is 0 Å². The van der Waals surface area contributed by atoms with Crippen molar-refractivity contribution in [2.45, 2.75) is 18.2 Å². The molecule has 0 aliphatic heterocycles. The zero-order valence-electron chi connectivity index (χ0n) is 11.8. The average molecular weight is 299 g/mol. The van der Waals surface area contributed by atoms with Crippen molar-refractivity contribution in [3.8, 4) is 0 Å². The molecular formula is C13H21N3O3S. The van der Waals surface area contributed by atoms with Crippen molar-refractivity contribution in [1.29, 1.82) is 0 Å². The lowest BCUT2D eigenvalue weighted by molar-refractivity contribution is 0.0954. The van der Waals surface area contributed by atoms with Crippen molar-refractivity contribution in [2.24, 2.45) is 0 Å². The highest BCUT2D eigenvalue weighted by Gasteiger charge is 2.12. The van der Waals surface area contributed by atoms with Gasteiger partial charge in [-0.1, -0.05) is 6.92 Å². The van der Waals surface area contributed by atoms with Gasteiger partial charge in [0.25, 0.3) is 5.91 Å². The first kappa shape index (κ1) is 16.6. The molecule has 0 aromatic heterocycles. The van der Waals surface area contributed by atoms with Gasteiger partial charge in [-0.05, 0) is 44.3 Å². The number of nitrogens with one attached hydrogen (secondary N) is 3. The molecule has 0 bridgehead atoms. The van der Waals surface area contributed by atoms with E-state index in [9.17, 15) is 13.2 Å². The quantitative estimate of drug-likeness (QED) is 0.604. The number of carbonyl (C=O) groups is 1. The summed E-state index contributed by atoms with van der Waals surface area (Å²) in [6, 6.07) is 5.82. The second-order valence-electron chi connectivity index (χ2n) is 4.24. The van der Waals surface area contributed by atoms with E-state index in [2.05, 4.69) is 22.3 Å². The first-order chi connectivity index (χ1) is 9.51. The highest BCUT2D eigenvalue weighted by Crippen LogP contribution is 2.09. The van der Waals surface area contributed by atoms with Crippen LogP contribution in [-0.2, 0) is 10.0 Å². The number of hydrogen-bond donors (Lipinski definition) is 3. The summed E-state index contributed by atoms with van der Waals surface area (Å²) in [4.78, 5) is 11.9. The highest BCUT2D eigenvalue weighted by molar-refractivity contribution is 7.89. The minimum absolute atomic E-state index is 0.140. The third-order valence-corrected chi connectivity index (χ3v) is 4.14. The van der Waals surface area contributed by atoms with Crippen molar-refractivity contribution >= 4 is 15.9 Å². The molecule has 0 unspecified atom stereocenters. The van der Waals surface area contributed by atoms with Crippen LogP contribution in [0.5, 0.6) is 0 Å². The molecule has 0 atom stereocenters. The lowest BCUT2D eigenvalue weighted by Crippen LogP contribution is -2.32. The van der Waals surface area contributed by atoms with Crippen LogP contribution < -0.4 is 15.4 Å². The maximum Gasteiger partial charge on any atom is 0.251 e. The molecule has 112 valence electrons. The summed E-state index contributed by atoms with van der Waals surface area (Å²) in [5, 5.41) is 5.94. The van der Waals surface area contributed by atoms with Gasteiger partial charge in [0.1, 0.15) is 0 Å². The Labute approximate surface area is 120 Å². The van der Waals surface area contributed by atoms with E-state index in [0.29, 0.717) is 18.7 Å². The third kappa shape index (κ3) is 4.92. The fourth-order valence-corrected chi connectivity index (χ4v) is 2.30. The smallest absolute Gasteiger partial charge is 0.251 e. The molecule has 20 heavy (non-hydrogen) atoms. The van der Waals surface area contributed by atoms with Crippen LogP contribution in [0.25, 0.3) is 0 Å². The number of benzene rings is 1. The molecule has 1 aromatic rings. The number of carbonyl (C=O) groups excluding carboxylic acids is 1. The number of hydrogen-bond acceptors (Lipinski definition) is 4. The SMILES string of the molecule is CCCNCCNC(=O)c1ccc(S(=O)(=O)NC)cc1. The summed E-state index contributed by atoms with van der Waals surface area (Å²) in [7, 11) is -2.11. The molecule has 0 heterocycles. The molecule has 0 radical (unpaired) electrons. The normalized spacial score (nSPS) is 11.3. The largest absolute Gasteiger partial charge is 0.351 e. The van der Waals surface area contributed by atoms with Crippen LogP contribution in [0.15, 0.2) is 29.2 Å². The second kappa shape index (κ2) is 7.98. The van der Waals surface area contributed by atoms with Gasteiger partial charge in [0.2, 0.25) is 10.0 Å². The van der Waals surface area contributed by atoms with Gasteiger partial charge in [-0.25, -0.2) is 13.1 Å². The monoisotopic (exact) mass is 299 g/mol. The topological polar surface area (TPSA) is 87.3 Å². The molecule has 6 nitrogen and oxygen atoms in total. The maximum atomic E-state index is 11.8. The van der Waals surface area contributed by atoms with Gasteiger partial charge in [-0.3, -0.25) is 4.79 Å². The van der Waals surface area contributed by atoms with E-state index in [1.165, 1.54) is 31.3 Å². The van der Waals surface area contributed by atoms with Crippen molar-refractivity contribution in [2.75, 3.05) is 26.7 Å². The second-order valence-corrected chi connectivity index (χ2v) is 6.12. The first-order valence-corrected chi connectivity index (χ1v) is 8.02. The summed E-state index contributed by atoms with van der Waals surface area (Å²) >= 11 is 0. The van der Waals surface area contributed by atoms with Gasteiger partial charge in [-0.2, -0.15) is 0 Å². The van der Waals surface area contributed by atoms with Gasteiger partial charge >= 0.3 is 0 Å². The van der Waals surface area contributed by atoms with Crippen LogP contribution in [-0.4, -0.2) is 41.0 Å². The molecule has 0 saturated heterocycles. The highest BCUT2D eigenvalue weighted by atomic mass is 32.2. The third-order valence-electron chi connectivity index (χ3n) is 2.71. The van der Waals surface area contributed by atoms with Crippen LogP contribution in [0.4, 0.5) is 0 Å². The fraction of sp³-hybridized carbons (Fsp3) is 0.462. The lowest BCUT2D eigenvalue weighted by Gasteiger charge is -2.07. The van der Waals surface area contributed by atoms with Crippen LogP contribution in [0.3, 0.4) is 0 Å². The van der Waals surface area contributed by atoms with Crippen molar-refractivity contribution in [1.82, 2.24) is 15.4 Å². The van der Waals surface area contributed by atoms with E-state index in [4.69, 9.17) is 0 Å². The van der Waals surface area contributed by atoms with E-state index in [1.807, 2.05) is 0 Å². The van der Waals surface area contributed by atoms with Gasteiger partial charge in [0.15, 0.2) is 0 Å². The molecule has 3 N–H and O–H groups in total. The van der Waals surface area contributed by atoms with Gasteiger partial charge < -0.3 is 10.6 Å². The maximum absolute atomic E-state index is 11.8. The Morgan fingerprint density at radius 2 is 1.75 bits per heavy atom. The summed E-state index contributed by atoms with van der Waals surface area (Å²) in [6.07, 6.45) is 1.05. The summed E-state index contributed by atoms with van der Waals surface area (Å²) < 4.78 is 25.3. The molecule has 1 rings (SSSR count). The molecular weight excluding hydrogens is 278 g/mol. The Morgan fingerprint density at radius 3 is 2.30 bits per heavy atom. The molecule has 0 aliphatic carbocycles. The van der Waals surface area contributed by atoms with Gasteiger partial charge in [-0.15, -0.1) is 0 Å². The number of sulfonamides is 1. The minimum Gasteiger partial charge on any atom is -0.351 e. The Morgan fingerprint density at radius 1 is 1.10 bits per heavy atom.